The lowest BCUT2D eigenvalue weighted by atomic mass is 9.89. The first-order chi connectivity index (χ1) is 16.5. The Bertz CT molecular complexity index is 987. The average molecular weight is 466 g/mol. The molecule has 8 nitrogen and oxygen atoms in total. The summed E-state index contributed by atoms with van der Waals surface area (Å²) in [5.41, 5.74) is 3.01. The highest BCUT2D eigenvalue weighted by Crippen LogP contribution is 2.31. The molecule has 8 heteroatoms. The highest BCUT2D eigenvalue weighted by molar-refractivity contribution is 5.90. The Morgan fingerprint density at radius 3 is 2.44 bits per heavy atom. The number of ether oxygens (including phenoxy) is 2. The van der Waals surface area contributed by atoms with Gasteiger partial charge in [0, 0.05) is 32.2 Å². The Hall–Kier alpha value is -3.39. The Morgan fingerprint density at radius 1 is 1.06 bits per heavy atom. The first-order valence-corrected chi connectivity index (χ1v) is 11.7. The predicted octanol–water partition coefficient (Wildman–Crippen LogP) is 3.07. The van der Waals surface area contributed by atoms with Crippen LogP contribution in [0.25, 0.3) is 0 Å². The van der Waals surface area contributed by atoms with Crippen molar-refractivity contribution in [1.82, 2.24) is 10.2 Å². The minimum atomic E-state index is -0.399. The fraction of sp³-hybridized carbons (Fsp3) is 0.423. The molecule has 0 bridgehead atoms. The molecule has 1 atom stereocenters. The summed E-state index contributed by atoms with van der Waals surface area (Å²) in [4.78, 5) is 39.4. The smallest absolute Gasteiger partial charge is 0.414 e. The van der Waals surface area contributed by atoms with Crippen molar-refractivity contribution in [3.63, 3.8) is 0 Å². The zero-order valence-corrected chi connectivity index (χ0v) is 19.4. The summed E-state index contributed by atoms with van der Waals surface area (Å²) in [5, 5.41) is 2.75. The molecule has 0 aromatic heterocycles. The summed E-state index contributed by atoms with van der Waals surface area (Å²) in [7, 11) is 0. The van der Waals surface area contributed by atoms with E-state index in [1.54, 1.807) is 4.90 Å². The van der Waals surface area contributed by atoms with Crippen LogP contribution >= 0.6 is 0 Å². The molecule has 2 aromatic rings. The quantitative estimate of drug-likeness (QED) is 0.647. The number of carbonyl (C=O) groups is 3. The Balaban J connectivity index is 1.26. The highest BCUT2D eigenvalue weighted by atomic mass is 16.6. The molecule has 34 heavy (non-hydrogen) atoms. The Kier molecular flexibility index (Phi) is 7.80. The summed E-state index contributed by atoms with van der Waals surface area (Å²) in [6.45, 7) is 4.00. The van der Waals surface area contributed by atoms with E-state index >= 15 is 0 Å². The number of rotatable bonds is 8. The molecule has 180 valence electrons. The second kappa shape index (κ2) is 11.2. The van der Waals surface area contributed by atoms with Gasteiger partial charge in [0.25, 0.3) is 0 Å². The van der Waals surface area contributed by atoms with E-state index in [9.17, 15) is 14.4 Å². The summed E-state index contributed by atoms with van der Waals surface area (Å²) in [5.74, 6) is 0.258. The van der Waals surface area contributed by atoms with Crippen molar-refractivity contribution in [3.05, 3.63) is 65.7 Å². The van der Waals surface area contributed by atoms with Gasteiger partial charge in [0.1, 0.15) is 13.2 Å². The van der Waals surface area contributed by atoms with Crippen LogP contribution < -0.4 is 10.2 Å². The van der Waals surface area contributed by atoms with E-state index in [2.05, 4.69) is 5.32 Å². The molecule has 0 aliphatic carbocycles. The van der Waals surface area contributed by atoms with Crippen molar-refractivity contribution in [2.75, 3.05) is 37.7 Å². The molecule has 2 aliphatic rings. The monoisotopic (exact) mass is 465 g/mol. The standard InChI is InChI=1S/C26H31N3O5/c1-19(30)27-15-24-17-34-26(32)29(24)23-9-7-21(8-10-23)22-11-13-28(14-12-22)25(31)18-33-16-20-5-3-2-4-6-20/h2-10,22,24H,11-18H2,1H3,(H,27,30)/t24-/m0/s1. The van der Waals surface area contributed by atoms with Crippen LogP contribution in [0.2, 0.25) is 0 Å². The Labute approximate surface area is 199 Å². The number of nitrogens with one attached hydrogen (secondary N) is 1. The van der Waals surface area contributed by atoms with Crippen LogP contribution in [0, 0.1) is 0 Å². The number of carbonyl (C=O) groups excluding carboxylic acids is 3. The lowest BCUT2D eigenvalue weighted by molar-refractivity contribution is -0.137. The number of cyclic esters (lactones) is 1. The molecule has 1 N–H and O–H groups in total. The van der Waals surface area contributed by atoms with E-state index < -0.39 is 6.09 Å². The van der Waals surface area contributed by atoms with Crippen molar-refractivity contribution >= 4 is 23.6 Å². The van der Waals surface area contributed by atoms with Crippen molar-refractivity contribution in [3.8, 4) is 0 Å². The van der Waals surface area contributed by atoms with Gasteiger partial charge < -0.3 is 19.7 Å². The van der Waals surface area contributed by atoms with E-state index in [0.29, 0.717) is 32.2 Å². The van der Waals surface area contributed by atoms with Crippen LogP contribution in [0.15, 0.2) is 54.6 Å². The zero-order chi connectivity index (χ0) is 23.9. The van der Waals surface area contributed by atoms with Gasteiger partial charge >= 0.3 is 6.09 Å². The normalized spacial score (nSPS) is 18.6. The summed E-state index contributed by atoms with van der Waals surface area (Å²) < 4.78 is 10.8. The summed E-state index contributed by atoms with van der Waals surface area (Å²) >= 11 is 0. The van der Waals surface area contributed by atoms with E-state index in [0.717, 1.165) is 24.1 Å². The lowest BCUT2D eigenvalue weighted by Gasteiger charge is -2.32. The van der Waals surface area contributed by atoms with Crippen molar-refractivity contribution in [2.24, 2.45) is 0 Å². The van der Waals surface area contributed by atoms with Crippen molar-refractivity contribution in [1.29, 1.82) is 0 Å². The van der Waals surface area contributed by atoms with Gasteiger partial charge in [-0.15, -0.1) is 0 Å². The molecule has 0 unspecified atom stereocenters. The number of likely N-dealkylation sites (tertiary alicyclic amines) is 1. The van der Waals surface area contributed by atoms with Crippen LogP contribution in [0.4, 0.5) is 10.5 Å². The zero-order valence-electron chi connectivity index (χ0n) is 19.4. The van der Waals surface area contributed by atoms with Gasteiger partial charge in [-0.3, -0.25) is 14.5 Å². The third-order valence-corrected chi connectivity index (χ3v) is 6.38. The van der Waals surface area contributed by atoms with E-state index in [1.165, 1.54) is 12.5 Å². The number of benzene rings is 2. The molecule has 2 heterocycles. The number of anilines is 1. The first kappa shape index (κ1) is 23.8. The highest BCUT2D eigenvalue weighted by Gasteiger charge is 2.34. The number of nitrogens with zero attached hydrogens (tertiary/aromatic N) is 2. The van der Waals surface area contributed by atoms with Crippen molar-refractivity contribution < 1.29 is 23.9 Å². The molecular weight excluding hydrogens is 434 g/mol. The topological polar surface area (TPSA) is 88.2 Å². The molecule has 2 aromatic carbocycles. The van der Waals surface area contributed by atoms with Gasteiger partial charge in [-0.1, -0.05) is 42.5 Å². The van der Waals surface area contributed by atoms with Crippen LogP contribution in [-0.2, 0) is 25.7 Å². The second-order valence-electron chi connectivity index (χ2n) is 8.76. The molecule has 2 saturated heterocycles. The van der Waals surface area contributed by atoms with Gasteiger partial charge in [0.15, 0.2) is 0 Å². The SMILES string of the molecule is CC(=O)NC[C@H]1COC(=O)N1c1ccc(C2CCN(C(=O)COCc3ccccc3)CC2)cc1. The number of hydrogen-bond acceptors (Lipinski definition) is 5. The molecule has 0 spiro atoms. The van der Waals surface area contributed by atoms with Gasteiger partial charge in [-0.05, 0) is 42.0 Å². The minimum absolute atomic E-state index is 0.0301. The van der Waals surface area contributed by atoms with Gasteiger partial charge in [0.2, 0.25) is 11.8 Å². The van der Waals surface area contributed by atoms with Crippen LogP contribution in [-0.4, -0.2) is 61.7 Å². The lowest BCUT2D eigenvalue weighted by Crippen LogP contribution is -2.42. The molecule has 0 radical (unpaired) electrons. The third kappa shape index (κ3) is 5.94. The molecule has 2 fully saturated rings. The van der Waals surface area contributed by atoms with E-state index in [1.807, 2.05) is 59.5 Å². The minimum Gasteiger partial charge on any atom is -0.447 e. The van der Waals surface area contributed by atoms with Crippen molar-refractivity contribution in [2.45, 2.75) is 38.3 Å². The first-order valence-electron chi connectivity index (χ1n) is 11.7. The summed E-state index contributed by atoms with van der Waals surface area (Å²) in [6.07, 6.45) is 1.38. The number of hydrogen-bond donors (Lipinski definition) is 1. The largest absolute Gasteiger partial charge is 0.447 e. The maximum atomic E-state index is 12.5. The van der Waals surface area contributed by atoms with E-state index in [-0.39, 0.29) is 31.1 Å². The Morgan fingerprint density at radius 2 is 1.76 bits per heavy atom. The number of piperidine rings is 1. The predicted molar refractivity (Wildman–Crippen MR) is 127 cm³/mol. The van der Waals surface area contributed by atoms with Gasteiger partial charge in [-0.25, -0.2) is 4.79 Å². The van der Waals surface area contributed by atoms with Crippen LogP contribution in [0.5, 0.6) is 0 Å². The van der Waals surface area contributed by atoms with Crippen LogP contribution in [0.1, 0.15) is 36.8 Å². The van der Waals surface area contributed by atoms with Gasteiger partial charge in [-0.2, -0.15) is 0 Å². The molecule has 4 rings (SSSR count). The maximum Gasteiger partial charge on any atom is 0.414 e. The van der Waals surface area contributed by atoms with Gasteiger partial charge in [0.05, 0.1) is 12.6 Å². The second-order valence-corrected chi connectivity index (χ2v) is 8.76. The molecule has 2 aliphatic heterocycles. The maximum absolute atomic E-state index is 12.5. The summed E-state index contributed by atoms with van der Waals surface area (Å²) in [6, 6.07) is 17.6. The molecule has 0 saturated carbocycles. The fourth-order valence-electron chi connectivity index (χ4n) is 4.48. The third-order valence-electron chi connectivity index (χ3n) is 6.38. The number of amides is 3. The molecule has 3 amide bonds. The van der Waals surface area contributed by atoms with E-state index in [4.69, 9.17) is 9.47 Å². The van der Waals surface area contributed by atoms with Crippen LogP contribution in [0.3, 0.4) is 0 Å². The average Bonchev–Trinajstić information content (AvgIpc) is 3.23. The fourth-order valence-corrected chi connectivity index (χ4v) is 4.48. The molecular formula is C26H31N3O5.